The molecular weight excluding hydrogens is 340 g/mol. The summed E-state index contributed by atoms with van der Waals surface area (Å²) in [7, 11) is -1.55. The van der Waals surface area contributed by atoms with Gasteiger partial charge < -0.3 is 9.72 Å². The summed E-state index contributed by atoms with van der Waals surface area (Å²) in [6, 6.07) is 5.10. The number of imidazole rings is 1. The maximum atomic E-state index is 13.1. The summed E-state index contributed by atoms with van der Waals surface area (Å²) in [6.07, 6.45) is 4.30. The van der Waals surface area contributed by atoms with Crippen LogP contribution in [0, 0.1) is 0 Å². The maximum Gasteiger partial charge on any atom is 0.243 e. The number of benzene rings is 1. The number of aromatic nitrogens is 2. The quantitative estimate of drug-likeness (QED) is 0.893. The third-order valence-corrected chi connectivity index (χ3v) is 6.81. The summed E-state index contributed by atoms with van der Waals surface area (Å²) in [5, 5.41) is 0. The fourth-order valence-electron chi connectivity index (χ4n) is 3.53. The van der Waals surface area contributed by atoms with Crippen molar-refractivity contribution in [1.82, 2.24) is 19.2 Å². The van der Waals surface area contributed by atoms with Crippen LogP contribution in [0.5, 0.6) is 5.75 Å². The molecule has 0 bridgehead atoms. The van der Waals surface area contributed by atoms with Crippen LogP contribution in [0.4, 0.5) is 0 Å². The fourth-order valence-corrected chi connectivity index (χ4v) is 5.02. The van der Waals surface area contributed by atoms with Gasteiger partial charge in [0.05, 0.1) is 10.9 Å². The lowest BCUT2D eigenvalue weighted by atomic mass is 10.1. The van der Waals surface area contributed by atoms with Crippen molar-refractivity contribution >= 4 is 10.0 Å². The number of H-pyrrole nitrogens is 1. The van der Waals surface area contributed by atoms with Crippen molar-refractivity contribution in [2.24, 2.45) is 0 Å². The molecule has 1 saturated heterocycles. The van der Waals surface area contributed by atoms with E-state index in [1.807, 2.05) is 14.0 Å². The first-order valence-corrected chi connectivity index (χ1v) is 9.88. The Morgan fingerprint density at radius 1 is 1.32 bits per heavy atom. The van der Waals surface area contributed by atoms with E-state index in [4.69, 9.17) is 4.74 Å². The Hall–Kier alpha value is -1.90. The molecule has 4 rings (SSSR count). The Morgan fingerprint density at radius 2 is 2.16 bits per heavy atom. The van der Waals surface area contributed by atoms with Gasteiger partial charge in [0.25, 0.3) is 0 Å². The molecule has 2 aliphatic heterocycles. The number of hydrogen-bond donors (Lipinski definition) is 1. The Kier molecular flexibility index (Phi) is 4.05. The van der Waals surface area contributed by atoms with E-state index in [9.17, 15) is 8.42 Å². The molecule has 0 unspecified atom stereocenters. The normalized spacial score (nSPS) is 24.9. The standard InChI is InChI=1S/C17H22N4O3S/c1-12-9-13-10-14(3-4-16(13)24-12)25(22,23)21-8-7-20(2)15(11-21)17-18-5-6-19-17/h3-6,10,12,15H,7-9,11H2,1-2H3,(H,18,19)/t12-,15-/m1/s1. The molecule has 0 radical (unpaired) electrons. The van der Waals surface area contributed by atoms with Crippen LogP contribution in [-0.2, 0) is 16.4 Å². The lowest BCUT2D eigenvalue weighted by molar-refractivity contribution is 0.142. The summed E-state index contributed by atoms with van der Waals surface area (Å²) >= 11 is 0. The van der Waals surface area contributed by atoms with Gasteiger partial charge >= 0.3 is 0 Å². The predicted molar refractivity (Wildman–Crippen MR) is 93.0 cm³/mol. The highest BCUT2D eigenvalue weighted by Gasteiger charge is 2.35. The van der Waals surface area contributed by atoms with Gasteiger partial charge in [-0.15, -0.1) is 0 Å². The van der Waals surface area contributed by atoms with Gasteiger partial charge in [0.1, 0.15) is 17.7 Å². The SMILES string of the molecule is C[C@@H]1Cc2cc(S(=O)(=O)N3CCN(C)[C@@H](c4ncc[nH]4)C3)ccc2O1. The minimum Gasteiger partial charge on any atom is -0.490 e. The number of aromatic amines is 1. The van der Waals surface area contributed by atoms with E-state index in [0.717, 1.165) is 23.6 Å². The average molecular weight is 362 g/mol. The Balaban J connectivity index is 1.61. The van der Waals surface area contributed by atoms with Crippen LogP contribution in [0.25, 0.3) is 0 Å². The smallest absolute Gasteiger partial charge is 0.243 e. The molecule has 0 aliphatic carbocycles. The van der Waals surface area contributed by atoms with Crippen LogP contribution in [-0.4, -0.2) is 60.4 Å². The van der Waals surface area contributed by atoms with Gasteiger partial charge in [0, 0.05) is 38.4 Å². The average Bonchev–Trinajstić information content (AvgIpc) is 3.22. The summed E-state index contributed by atoms with van der Waals surface area (Å²) in [5.41, 5.74) is 0.963. The van der Waals surface area contributed by atoms with Crippen molar-refractivity contribution in [2.75, 3.05) is 26.7 Å². The molecule has 8 heteroatoms. The second-order valence-electron chi connectivity index (χ2n) is 6.74. The second-order valence-corrected chi connectivity index (χ2v) is 8.67. The zero-order chi connectivity index (χ0) is 17.6. The number of hydrogen-bond acceptors (Lipinski definition) is 5. The molecular formula is C17H22N4O3S. The van der Waals surface area contributed by atoms with E-state index < -0.39 is 10.0 Å². The minimum absolute atomic E-state index is 0.0729. The first-order chi connectivity index (χ1) is 11.9. The van der Waals surface area contributed by atoms with Crippen LogP contribution in [0.3, 0.4) is 0 Å². The molecule has 1 fully saturated rings. The largest absolute Gasteiger partial charge is 0.490 e. The van der Waals surface area contributed by atoms with Crippen LogP contribution in [0.2, 0.25) is 0 Å². The lowest BCUT2D eigenvalue weighted by Crippen LogP contribution is -2.49. The van der Waals surface area contributed by atoms with Gasteiger partial charge in [-0.2, -0.15) is 4.31 Å². The first-order valence-electron chi connectivity index (χ1n) is 8.44. The number of fused-ring (bicyclic) bond motifs is 1. The molecule has 0 amide bonds. The van der Waals surface area contributed by atoms with Crippen molar-refractivity contribution in [3.05, 3.63) is 42.0 Å². The third kappa shape index (κ3) is 2.94. The first kappa shape index (κ1) is 16.6. The maximum absolute atomic E-state index is 13.1. The van der Waals surface area contributed by atoms with Gasteiger partial charge in [-0.1, -0.05) is 0 Å². The Labute approximate surface area is 147 Å². The van der Waals surface area contributed by atoms with Crippen LogP contribution in [0.1, 0.15) is 24.4 Å². The van der Waals surface area contributed by atoms with Crippen molar-refractivity contribution < 1.29 is 13.2 Å². The van der Waals surface area contributed by atoms with Crippen LogP contribution >= 0.6 is 0 Å². The second kappa shape index (κ2) is 6.12. The molecule has 134 valence electrons. The molecule has 0 spiro atoms. The van der Waals surface area contributed by atoms with Crippen molar-refractivity contribution in [1.29, 1.82) is 0 Å². The van der Waals surface area contributed by atoms with Crippen molar-refractivity contribution in [3.63, 3.8) is 0 Å². The number of rotatable bonds is 3. The van der Waals surface area contributed by atoms with Crippen LogP contribution < -0.4 is 4.74 Å². The van der Waals surface area contributed by atoms with E-state index >= 15 is 0 Å². The topological polar surface area (TPSA) is 78.5 Å². The monoisotopic (exact) mass is 362 g/mol. The molecule has 2 aromatic rings. The summed E-state index contributed by atoms with van der Waals surface area (Å²) in [5.74, 6) is 1.58. The van der Waals surface area contributed by atoms with Gasteiger partial charge in [0.15, 0.2) is 0 Å². The Bertz CT molecular complexity index is 866. The number of piperazine rings is 1. The highest BCUT2D eigenvalue weighted by Crippen LogP contribution is 2.32. The molecule has 1 N–H and O–H groups in total. The van der Waals surface area contributed by atoms with E-state index in [1.54, 1.807) is 34.9 Å². The number of nitrogens with one attached hydrogen (secondary N) is 1. The number of likely N-dealkylation sites (N-methyl/N-ethyl adjacent to an activating group) is 1. The molecule has 3 heterocycles. The number of ether oxygens (including phenoxy) is 1. The molecule has 7 nitrogen and oxygen atoms in total. The van der Waals surface area contributed by atoms with E-state index in [1.165, 1.54) is 0 Å². The molecule has 2 atom stereocenters. The zero-order valence-electron chi connectivity index (χ0n) is 14.3. The number of nitrogens with zero attached hydrogens (tertiary/aromatic N) is 3. The van der Waals surface area contributed by atoms with Gasteiger partial charge in [-0.3, -0.25) is 4.90 Å². The molecule has 25 heavy (non-hydrogen) atoms. The van der Waals surface area contributed by atoms with Gasteiger partial charge in [-0.05, 0) is 37.7 Å². The third-order valence-electron chi connectivity index (χ3n) is 4.95. The molecule has 1 aromatic carbocycles. The summed E-state index contributed by atoms with van der Waals surface area (Å²) in [4.78, 5) is 9.86. The van der Waals surface area contributed by atoms with E-state index in [-0.39, 0.29) is 12.1 Å². The summed E-state index contributed by atoms with van der Waals surface area (Å²) in [6.45, 7) is 3.51. The number of sulfonamides is 1. The highest BCUT2D eigenvalue weighted by atomic mass is 32.2. The predicted octanol–water partition coefficient (Wildman–Crippen LogP) is 1.41. The van der Waals surface area contributed by atoms with E-state index in [2.05, 4.69) is 14.9 Å². The fraction of sp³-hybridized carbons (Fsp3) is 0.471. The lowest BCUT2D eigenvalue weighted by Gasteiger charge is -2.37. The van der Waals surface area contributed by atoms with E-state index in [0.29, 0.717) is 24.5 Å². The minimum atomic E-state index is -3.54. The Morgan fingerprint density at radius 3 is 2.92 bits per heavy atom. The molecule has 1 aromatic heterocycles. The highest BCUT2D eigenvalue weighted by molar-refractivity contribution is 7.89. The van der Waals surface area contributed by atoms with Gasteiger partial charge in [-0.25, -0.2) is 13.4 Å². The van der Waals surface area contributed by atoms with Gasteiger partial charge in [0.2, 0.25) is 10.0 Å². The zero-order valence-corrected chi connectivity index (χ0v) is 15.2. The van der Waals surface area contributed by atoms with Crippen LogP contribution in [0.15, 0.2) is 35.5 Å². The van der Waals surface area contributed by atoms with Crippen molar-refractivity contribution in [3.8, 4) is 5.75 Å². The molecule has 2 aliphatic rings. The van der Waals surface area contributed by atoms with Crippen molar-refractivity contribution in [2.45, 2.75) is 30.4 Å². The molecule has 0 saturated carbocycles. The summed E-state index contributed by atoms with van der Waals surface area (Å²) < 4.78 is 33.5.